The number of carboxylic acids is 2. The van der Waals surface area contributed by atoms with Crippen LogP contribution >= 0.6 is 0 Å². The molecule has 1 rings (SSSR count). The molecule has 0 radical (unpaired) electrons. The summed E-state index contributed by atoms with van der Waals surface area (Å²) in [5, 5.41) is 35.1. The quantitative estimate of drug-likeness (QED) is 0.0234. The van der Waals surface area contributed by atoms with Crippen LogP contribution in [0.4, 0.5) is 4.79 Å². The summed E-state index contributed by atoms with van der Waals surface area (Å²) in [5.41, 5.74) is 0. The van der Waals surface area contributed by atoms with Gasteiger partial charge >= 0.3 is 23.9 Å². The first-order chi connectivity index (χ1) is 29.0. The zero-order valence-corrected chi connectivity index (χ0v) is 36.0. The van der Waals surface area contributed by atoms with Crippen molar-refractivity contribution in [1.29, 1.82) is 0 Å². The minimum atomic E-state index is -1.81. The highest BCUT2D eigenvalue weighted by atomic mass is 16.5. The maximum atomic E-state index is 14.4. The van der Waals surface area contributed by atoms with Gasteiger partial charge in [-0.05, 0) is 38.0 Å². The average molecular weight is 881 g/mol. The van der Waals surface area contributed by atoms with Gasteiger partial charge < -0.3 is 52.2 Å². The number of hydrogen-bond donors (Lipinski definition) is 9. The Balaban J connectivity index is 3.54. The van der Waals surface area contributed by atoms with E-state index < -0.39 is 151 Å². The molecule has 0 aromatic carbocycles. The highest BCUT2D eigenvalue weighted by Crippen LogP contribution is 2.20. The standard InChI is InChI=1S/C39H60N8O15/c1-9-12-22(32(54)38(60)40-17-10-2)42-37(59)31-30(46-39(61)47(31)18-27(53)62-11-3)33(55)28(19(4)5)44-36(58)29(20(6)7)45-35(57)24(14-16-26(51)52)43-34(56)23(41-21(8)48)13-15-25(49)50/h10,19-20,22-24,28-31H,2,9,11-18H2,1,3-8H3,(H,40,60)(H,41,48)(H,42,59)(H,43,56)(H,44,58)(H,45,57)(H,46,61)(H,49,50)(H,51,52)/t22?,23-,24-,28-,29-,30?,31+/m0/s1. The summed E-state index contributed by atoms with van der Waals surface area (Å²) in [4.78, 5) is 156. The van der Waals surface area contributed by atoms with Gasteiger partial charge in [-0.3, -0.25) is 57.6 Å². The van der Waals surface area contributed by atoms with Gasteiger partial charge in [0, 0.05) is 26.3 Å². The molecule has 1 heterocycles. The summed E-state index contributed by atoms with van der Waals surface area (Å²) in [5.74, 6) is -12.8. The van der Waals surface area contributed by atoms with Crippen LogP contribution in [0.3, 0.4) is 0 Å². The first kappa shape index (κ1) is 53.6. The van der Waals surface area contributed by atoms with Crippen molar-refractivity contribution in [3.8, 4) is 0 Å². The molecule has 346 valence electrons. The Hall–Kier alpha value is -6.42. The number of carbonyl (C=O) groups is 12. The van der Waals surface area contributed by atoms with Gasteiger partial charge in [0.15, 0.2) is 5.78 Å². The number of esters is 1. The average Bonchev–Trinajstić information content (AvgIpc) is 3.51. The third-order valence-electron chi connectivity index (χ3n) is 9.35. The van der Waals surface area contributed by atoms with Gasteiger partial charge in [-0.1, -0.05) is 47.1 Å². The van der Waals surface area contributed by atoms with E-state index in [1.165, 1.54) is 40.7 Å². The number of amides is 8. The summed E-state index contributed by atoms with van der Waals surface area (Å²) in [6.07, 6.45) is -0.409. The second kappa shape index (κ2) is 26.0. The highest BCUT2D eigenvalue weighted by Gasteiger charge is 2.51. The van der Waals surface area contributed by atoms with Crippen molar-refractivity contribution in [2.24, 2.45) is 11.8 Å². The van der Waals surface area contributed by atoms with Gasteiger partial charge in [-0.2, -0.15) is 0 Å². The Kier molecular flexibility index (Phi) is 22.5. The molecule has 2 unspecified atom stereocenters. The Morgan fingerprint density at radius 3 is 1.77 bits per heavy atom. The van der Waals surface area contributed by atoms with Crippen molar-refractivity contribution >= 4 is 70.9 Å². The SMILES string of the molecule is C=CCNC(=O)C(=O)C(CCC)NC(=O)[C@H]1C(C(=O)[C@@H](NC(=O)[C@@H](NC(=O)[C@H](CCC(=O)O)NC(=O)[C@H](CCC(=O)O)NC(C)=O)C(C)C)C(C)C)NC(=O)N1CC(=O)OCC. The zero-order valence-electron chi connectivity index (χ0n) is 36.0. The van der Waals surface area contributed by atoms with Crippen molar-refractivity contribution in [2.75, 3.05) is 19.7 Å². The van der Waals surface area contributed by atoms with Crippen LogP contribution in [0, 0.1) is 11.8 Å². The largest absolute Gasteiger partial charge is 0.481 e. The number of rotatable bonds is 28. The summed E-state index contributed by atoms with van der Waals surface area (Å²) in [6, 6.07) is -12.0. The molecule has 1 fully saturated rings. The normalized spacial score (nSPS) is 16.9. The summed E-state index contributed by atoms with van der Waals surface area (Å²) in [7, 11) is 0. The molecule has 0 aromatic heterocycles. The van der Waals surface area contributed by atoms with E-state index in [1.54, 1.807) is 6.92 Å². The number of ketones is 2. The monoisotopic (exact) mass is 880 g/mol. The first-order valence-corrected chi connectivity index (χ1v) is 20.1. The molecule has 7 atom stereocenters. The molecule has 8 amide bonds. The number of nitrogens with one attached hydrogen (secondary N) is 7. The first-order valence-electron chi connectivity index (χ1n) is 20.1. The van der Waals surface area contributed by atoms with Gasteiger partial charge in [-0.25, -0.2) is 4.79 Å². The van der Waals surface area contributed by atoms with Crippen molar-refractivity contribution in [2.45, 2.75) is 129 Å². The minimum absolute atomic E-state index is 0.0227. The van der Waals surface area contributed by atoms with E-state index >= 15 is 0 Å². The molecule has 0 aliphatic carbocycles. The van der Waals surface area contributed by atoms with Gasteiger partial charge in [0.05, 0.1) is 18.7 Å². The number of ether oxygens (including phenoxy) is 1. The van der Waals surface area contributed by atoms with Gasteiger partial charge in [0.1, 0.15) is 36.8 Å². The lowest BCUT2D eigenvalue weighted by molar-refractivity contribution is -0.145. The highest BCUT2D eigenvalue weighted by molar-refractivity contribution is 6.38. The molecule has 9 N–H and O–H groups in total. The van der Waals surface area contributed by atoms with Crippen molar-refractivity contribution in [3.63, 3.8) is 0 Å². The van der Waals surface area contributed by atoms with Crippen LogP contribution in [0.1, 0.15) is 87.0 Å². The third kappa shape index (κ3) is 16.9. The van der Waals surface area contributed by atoms with E-state index in [0.717, 1.165) is 11.8 Å². The van der Waals surface area contributed by atoms with E-state index in [0.29, 0.717) is 6.42 Å². The Morgan fingerprint density at radius 2 is 1.29 bits per heavy atom. The molecule has 0 saturated carbocycles. The molecule has 1 saturated heterocycles. The van der Waals surface area contributed by atoms with Crippen LogP contribution in [0.5, 0.6) is 0 Å². The van der Waals surface area contributed by atoms with E-state index in [9.17, 15) is 62.6 Å². The molecule has 0 bridgehead atoms. The molecule has 0 spiro atoms. The Labute approximate surface area is 358 Å². The molecule has 1 aliphatic heterocycles. The fraction of sp³-hybridized carbons (Fsp3) is 0.641. The second-order valence-corrected chi connectivity index (χ2v) is 15.1. The molecular weight excluding hydrogens is 820 g/mol. The predicted molar refractivity (Wildman–Crippen MR) is 216 cm³/mol. The minimum Gasteiger partial charge on any atom is -0.481 e. The van der Waals surface area contributed by atoms with Crippen LogP contribution in [-0.2, 0) is 57.5 Å². The maximum absolute atomic E-state index is 14.4. The number of urea groups is 1. The maximum Gasteiger partial charge on any atom is 0.325 e. The van der Waals surface area contributed by atoms with E-state index in [1.807, 2.05) is 0 Å². The lowest BCUT2D eigenvalue weighted by atomic mass is 9.90. The lowest BCUT2D eigenvalue weighted by Crippen LogP contribution is -2.62. The van der Waals surface area contributed by atoms with E-state index in [4.69, 9.17) is 9.84 Å². The third-order valence-corrected chi connectivity index (χ3v) is 9.35. The summed E-state index contributed by atoms with van der Waals surface area (Å²) in [6.45, 7) is 12.9. The fourth-order valence-electron chi connectivity index (χ4n) is 6.24. The second-order valence-electron chi connectivity index (χ2n) is 15.1. The van der Waals surface area contributed by atoms with Gasteiger partial charge in [0.2, 0.25) is 35.3 Å². The van der Waals surface area contributed by atoms with Gasteiger partial charge in [-0.15, -0.1) is 6.58 Å². The van der Waals surface area contributed by atoms with Crippen molar-refractivity contribution in [3.05, 3.63) is 12.7 Å². The molecule has 23 nitrogen and oxygen atoms in total. The van der Waals surface area contributed by atoms with E-state index in [2.05, 4.69) is 43.8 Å². The number of carbonyl (C=O) groups excluding carboxylic acids is 10. The number of nitrogens with zero attached hydrogens (tertiary/aromatic N) is 1. The molecule has 23 heteroatoms. The van der Waals surface area contributed by atoms with Crippen LogP contribution in [0.2, 0.25) is 0 Å². The van der Waals surface area contributed by atoms with Crippen LogP contribution < -0.4 is 37.2 Å². The van der Waals surface area contributed by atoms with Crippen LogP contribution in [0.25, 0.3) is 0 Å². The Bertz CT molecular complexity index is 1720. The summed E-state index contributed by atoms with van der Waals surface area (Å²) < 4.78 is 4.96. The van der Waals surface area contributed by atoms with Crippen molar-refractivity contribution < 1.29 is 72.5 Å². The number of aliphatic carboxylic acids is 2. The Morgan fingerprint density at radius 1 is 0.758 bits per heavy atom. The van der Waals surface area contributed by atoms with E-state index in [-0.39, 0.29) is 26.0 Å². The van der Waals surface area contributed by atoms with Crippen LogP contribution in [-0.4, -0.2) is 148 Å². The molecular formula is C39H60N8O15. The van der Waals surface area contributed by atoms with Crippen molar-refractivity contribution in [1.82, 2.24) is 42.1 Å². The predicted octanol–water partition coefficient (Wildman–Crippen LogP) is -1.96. The molecule has 0 aromatic rings. The van der Waals surface area contributed by atoms with Gasteiger partial charge in [0.25, 0.3) is 5.91 Å². The molecule has 1 aliphatic rings. The fourth-order valence-corrected chi connectivity index (χ4v) is 6.24. The summed E-state index contributed by atoms with van der Waals surface area (Å²) >= 11 is 0. The number of hydrogen-bond acceptors (Lipinski definition) is 13. The zero-order chi connectivity index (χ0) is 47.4. The number of carboxylic acid groups (broad SMARTS) is 2. The topological polar surface area (TPSA) is 342 Å². The smallest absolute Gasteiger partial charge is 0.325 e. The number of Topliss-reactive ketones (excluding diaryl/α,β-unsaturated/α-hetero) is 2. The lowest BCUT2D eigenvalue weighted by Gasteiger charge is -2.31. The van der Waals surface area contributed by atoms with Crippen LogP contribution in [0.15, 0.2) is 12.7 Å². The molecule has 62 heavy (non-hydrogen) atoms.